The zero-order valence-corrected chi connectivity index (χ0v) is 20.4. The summed E-state index contributed by atoms with van der Waals surface area (Å²) in [6.07, 6.45) is 1.79. The number of hydrogen-bond acceptors (Lipinski definition) is 5. The first-order valence-electron chi connectivity index (χ1n) is 11.6. The van der Waals surface area contributed by atoms with Crippen LogP contribution in [0, 0.1) is 11.7 Å². The maximum atomic E-state index is 13.7. The number of likely N-dealkylation sites (N-methyl/N-ethyl adjacent to an activating group) is 1. The predicted molar refractivity (Wildman–Crippen MR) is 129 cm³/mol. The van der Waals surface area contributed by atoms with Crippen molar-refractivity contribution in [1.29, 1.82) is 0 Å². The molecule has 0 saturated carbocycles. The van der Waals surface area contributed by atoms with Crippen molar-refractivity contribution >= 4 is 35.2 Å². The average molecular weight is 503 g/mol. The van der Waals surface area contributed by atoms with E-state index in [0.29, 0.717) is 43.6 Å². The van der Waals surface area contributed by atoms with E-state index in [0.717, 1.165) is 5.82 Å². The minimum absolute atomic E-state index is 0.00374. The molecule has 2 saturated heterocycles. The third-order valence-corrected chi connectivity index (χ3v) is 7.38. The number of carbonyl (C=O) groups excluding carboxylic acids is 2. The number of rotatable bonds is 5. The molecule has 0 spiro atoms. The summed E-state index contributed by atoms with van der Waals surface area (Å²) in [5.41, 5.74) is 1.27. The molecule has 3 heterocycles. The monoisotopic (exact) mass is 502 g/mol. The maximum Gasteiger partial charge on any atom is 0.407 e. The first-order chi connectivity index (χ1) is 16.7. The lowest BCUT2D eigenvalue weighted by Crippen LogP contribution is -2.44. The fourth-order valence-corrected chi connectivity index (χ4v) is 5.16. The number of amides is 2. The van der Waals surface area contributed by atoms with Gasteiger partial charge in [-0.25, -0.2) is 14.2 Å². The van der Waals surface area contributed by atoms with Gasteiger partial charge in [0.2, 0.25) is 5.91 Å². The molecule has 1 aromatic heterocycles. The summed E-state index contributed by atoms with van der Waals surface area (Å²) in [7, 11) is 1.49. The van der Waals surface area contributed by atoms with Crippen LogP contribution in [0.4, 0.5) is 15.0 Å². The Labute approximate surface area is 208 Å². The van der Waals surface area contributed by atoms with Gasteiger partial charge >= 0.3 is 6.09 Å². The second-order valence-electron chi connectivity index (χ2n) is 9.21. The van der Waals surface area contributed by atoms with E-state index in [1.807, 2.05) is 6.07 Å². The van der Waals surface area contributed by atoms with Gasteiger partial charge in [-0.05, 0) is 49.6 Å². The molecule has 4 rings (SSSR count). The van der Waals surface area contributed by atoms with Crippen molar-refractivity contribution in [3.8, 4) is 0 Å². The Morgan fingerprint density at radius 1 is 1.14 bits per heavy atom. The van der Waals surface area contributed by atoms with Crippen LogP contribution >= 0.6 is 11.6 Å². The van der Waals surface area contributed by atoms with Crippen LogP contribution in [-0.2, 0) is 4.79 Å². The predicted octanol–water partition coefficient (Wildman–Crippen LogP) is 3.90. The zero-order chi connectivity index (χ0) is 25.3. The Morgan fingerprint density at radius 2 is 1.86 bits per heavy atom. The van der Waals surface area contributed by atoms with Crippen molar-refractivity contribution in [3.05, 3.63) is 58.5 Å². The van der Waals surface area contributed by atoms with E-state index in [1.165, 1.54) is 31.0 Å². The Bertz CT molecular complexity index is 1120. The van der Waals surface area contributed by atoms with Gasteiger partial charge in [0.1, 0.15) is 11.6 Å². The molecule has 0 bridgehead atoms. The number of aromatic nitrogens is 1. The van der Waals surface area contributed by atoms with Gasteiger partial charge < -0.3 is 19.8 Å². The normalized spacial score (nSPS) is 20.7. The van der Waals surface area contributed by atoms with Gasteiger partial charge in [-0.3, -0.25) is 9.59 Å². The topological polar surface area (TPSA) is 94.1 Å². The van der Waals surface area contributed by atoms with E-state index >= 15 is 0 Å². The largest absolute Gasteiger partial charge is 0.465 e. The van der Waals surface area contributed by atoms with E-state index in [2.05, 4.69) is 9.88 Å². The van der Waals surface area contributed by atoms with Crippen molar-refractivity contribution in [3.63, 3.8) is 0 Å². The third-order valence-electron chi connectivity index (χ3n) is 7.09. The van der Waals surface area contributed by atoms with Crippen molar-refractivity contribution in [2.75, 3.05) is 38.1 Å². The molecular formula is C25H28ClFN4O4. The molecule has 1 aromatic carbocycles. The molecule has 8 nitrogen and oxygen atoms in total. The number of hydrogen-bond donors (Lipinski definition) is 1. The standard InChI is InChI=1S/C25H28ClFN4O4/c1-15(32)18-4-6-23(28-12-18)30-9-7-16(8-10-30)24(33)31-13-19(22(14-31)29(2)25(34)35)17-3-5-21(27)20(26)11-17/h3-6,11-12,16,19,22H,7-10,13-14H2,1-2H3,(H,34,35)/t19-,22+/m0/s1. The lowest BCUT2D eigenvalue weighted by molar-refractivity contribution is -0.135. The van der Waals surface area contributed by atoms with Gasteiger partial charge in [0.05, 0.1) is 11.1 Å². The highest BCUT2D eigenvalue weighted by Gasteiger charge is 2.42. The van der Waals surface area contributed by atoms with E-state index in [9.17, 15) is 23.9 Å². The van der Waals surface area contributed by atoms with Gasteiger partial charge in [0.15, 0.2) is 5.78 Å². The van der Waals surface area contributed by atoms with Crippen molar-refractivity contribution in [2.45, 2.75) is 31.7 Å². The summed E-state index contributed by atoms with van der Waals surface area (Å²) in [6.45, 7) is 3.44. The van der Waals surface area contributed by atoms with E-state index < -0.39 is 18.0 Å². The van der Waals surface area contributed by atoms with E-state index in [4.69, 9.17) is 11.6 Å². The lowest BCUT2D eigenvalue weighted by atomic mass is 9.93. The Kier molecular flexibility index (Phi) is 7.25. The highest BCUT2D eigenvalue weighted by atomic mass is 35.5. The maximum absolute atomic E-state index is 13.7. The second-order valence-corrected chi connectivity index (χ2v) is 9.61. The van der Waals surface area contributed by atoms with Crippen molar-refractivity contribution in [1.82, 2.24) is 14.8 Å². The Balaban J connectivity index is 1.44. The Hall–Kier alpha value is -3.20. The molecule has 1 N–H and O–H groups in total. The van der Waals surface area contributed by atoms with Crippen LogP contribution in [0.1, 0.15) is 41.6 Å². The molecule has 0 radical (unpaired) electrons. The summed E-state index contributed by atoms with van der Waals surface area (Å²) in [4.78, 5) is 46.0. The molecule has 10 heteroatoms. The first kappa shape index (κ1) is 24.9. The number of carboxylic acid groups (broad SMARTS) is 1. The molecule has 2 aliphatic heterocycles. The van der Waals surface area contributed by atoms with Crippen LogP contribution in [0.3, 0.4) is 0 Å². The van der Waals surface area contributed by atoms with Gasteiger partial charge in [-0.2, -0.15) is 0 Å². The van der Waals surface area contributed by atoms with Crippen molar-refractivity contribution in [2.24, 2.45) is 5.92 Å². The number of ketones is 1. The van der Waals surface area contributed by atoms with Gasteiger partial charge in [-0.1, -0.05) is 17.7 Å². The summed E-state index contributed by atoms with van der Waals surface area (Å²) in [6, 6.07) is 7.51. The number of Topliss-reactive ketones (excluding diaryl/α,β-unsaturated/α-hetero) is 1. The number of piperidine rings is 1. The summed E-state index contributed by atoms with van der Waals surface area (Å²) >= 11 is 5.98. The van der Waals surface area contributed by atoms with Crippen LogP contribution in [0.5, 0.6) is 0 Å². The number of benzene rings is 1. The van der Waals surface area contributed by atoms with Gasteiger partial charge in [0, 0.05) is 56.8 Å². The molecule has 186 valence electrons. The number of nitrogens with zero attached hydrogens (tertiary/aromatic N) is 4. The number of pyridine rings is 1. The molecule has 2 aliphatic rings. The molecule has 2 atom stereocenters. The first-order valence-corrected chi connectivity index (χ1v) is 11.9. The number of halogens is 2. The minimum Gasteiger partial charge on any atom is -0.465 e. The molecule has 35 heavy (non-hydrogen) atoms. The van der Waals surface area contributed by atoms with Crippen LogP contribution in [-0.4, -0.2) is 76.9 Å². The van der Waals surface area contributed by atoms with Gasteiger partial charge in [-0.15, -0.1) is 0 Å². The molecule has 2 amide bonds. The second kappa shape index (κ2) is 10.2. The lowest BCUT2D eigenvalue weighted by Gasteiger charge is -2.34. The number of likely N-dealkylation sites (tertiary alicyclic amines) is 1. The molecule has 2 aromatic rings. The van der Waals surface area contributed by atoms with E-state index in [-0.39, 0.29) is 35.1 Å². The number of carbonyl (C=O) groups is 3. The third kappa shape index (κ3) is 5.24. The average Bonchev–Trinajstić information content (AvgIpc) is 3.30. The highest BCUT2D eigenvalue weighted by Crippen LogP contribution is 2.34. The summed E-state index contributed by atoms with van der Waals surface area (Å²) < 4.78 is 13.7. The fraction of sp³-hybridized carbons (Fsp3) is 0.440. The smallest absolute Gasteiger partial charge is 0.407 e. The molecule has 0 aliphatic carbocycles. The molecular weight excluding hydrogens is 475 g/mol. The highest BCUT2D eigenvalue weighted by molar-refractivity contribution is 6.30. The van der Waals surface area contributed by atoms with Crippen LogP contribution in [0.2, 0.25) is 5.02 Å². The van der Waals surface area contributed by atoms with Crippen LogP contribution in [0.25, 0.3) is 0 Å². The summed E-state index contributed by atoms with van der Waals surface area (Å²) in [5, 5.41) is 9.54. The minimum atomic E-state index is -1.08. The SMILES string of the molecule is CC(=O)c1ccc(N2CCC(C(=O)N3C[C@@H](N(C)C(=O)O)[C@H](c4ccc(F)c(Cl)c4)C3)CC2)nc1. The quantitative estimate of drug-likeness (QED) is 0.623. The molecule has 2 fully saturated rings. The molecule has 0 unspecified atom stereocenters. The van der Waals surface area contributed by atoms with Crippen LogP contribution < -0.4 is 4.90 Å². The zero-order valence-electron chi connectivity index (χ0n) is 19.7. The van der Waals surface area contributed by atoms with E-state index in [1.54, 1.807) is 23.2 Å². The van der Waals surface area contributed by atoms with Crippen molar-refractivity contribution < 1.29 is 23.9 Å². The van der Waals surface area contributed by atoms with Crippen LogP contribution in [0.15, 0.2) is 36.5 Å². The fourth-order valence-electron chi connectivity index (χ4n) is 4.97. The Morgan fingerprint density at radius 3 is 2.43 bits per heavy atom. The summed E-state index contributed by atoms with van der Waals surface area (Å²) in [5.74, 6) is -0.271. The van der Waals surface area contributed by atoms with Gasteiger partial charge in [0.25, 0.3) is 0 Å². The number of anilines is 1.